The predicted octanol–water partition coefficient (Wildman–Crippen LogP) is 2.75. The number of hydrogen-bond donors (Lipinski definition) is 2. The largest absolute Gasteiger partial charge is 0.532 e. The molecule has 2 aromatic rings. The van der Waals surface area contributed by atoms with Gasteiger partial charge < -0.3 is 14.4 Å². The van der Waals surface area contributed by atoms with E-state index in [4.69, 9.17) is 38.4 Å². The second-order valence-electron chi connectivity index (χ2n) is 7.40. The molecule has 30 heavy (non-hydrogen) atoms. The van der Waals surface area contributed by atoms with Crippen molar-refractivity contribution in [1.82, 2.24) is 9.55 Å². The van der Waals surface area contributed by atoms with Crippen LogP contribution in [0.15, 0.2) is 29.2 Å². The van der Waals surface area contributed by atoms with Gasteiger partial charge in [0.2, 0.25) is 0 Å². The fourth-order valence-corrected chi connectivity index (χ4v) is 5.18. The molecule has 4 rings (SSSR count). The van der Waals surface area contributed by atoms with Gasteiger partial charge in [0.25, 0.3) is 0 Å². The van der Waals surface area contributed by atoms with Crippen molar-refractivity contribution in [3.05, 3.63) is 56.2 Å². The first-order chi connectivity index (χ1) is 14.1. The van der Waals surface area contributed by atoms with Crippen LogP contribution >= 0.6 is 20.0 Å². The Morgan fingerprint density at radius 2 is 2.17 bits per heavy atom. The summed E-state index contributed by atoms with van der Waals surface area (Å²) >= 11 is 4.92. The second kappa shape index (κ2) is 7.74. The Labute approximate surface area is 179 Å². The number of aryl methyl sites for hydroxylation is 2. The van der Waals surface area contributed by atoms with Crippen LogP contribution in [0.5, 0.6) is 5.75 Å². The van der Waals surface area contributed by atoms with E-state index in [2.05, 4.69) is 4.98 Å². The third-order valence-corrected chi connectivity index (χ3v) is 6.56. The van der Waals surface area contributed by atoms with Gasteiger partial charge in [-0.05, 0) is 38.3 Å². The van der Waals surface area contributed by atoms with E-state index in [1.54, 1.807) is 6.07 Å². The fraction of sp³-hybridized carbons (Fsp3) is 0.444. The number of nitrogens with one attached hydrogen (secondary N) is 1. The average Bonchev–Trinajstić information content (AvgIpc) is 3.13. The lowest BCUT2D eigenvalue weighted by Crippen LogP contribution is -2.45. The lowest BCUT2D eigenvalue weighted by molar-refractivity contribution is -0.176. The van der Waals surface area contributed by atoms with Gasteiger partial charge in [-0.25, -0.2) is 9.36 Å². The summed E-state index contributed by atoms with van der Waals surface area (Å²) in [7, 11) is 1.67. The van der Waals surface area contributed by atoms with E-state index >= 15 is 0 Å². The van der Waals surface area contributed by atoms with Crippen molar-refractivity contribution in [2.45, 2.75) is 51.3 Å². The molecule has 0 spiro atoms. The summed E-state index contributed by atoms with van der Waals surface area (Å²) in [5.41, 5.74) is -0.431. The molecule has 4 atom stereocenters. The average molecular weight is 450 g/mol. The number of aromatic nitrogens is 2. The highest BCUT2D eigenvalue weighted by Crippen LogP contribution is 2.58. The molecule has 1 aromatic carbocycles. The number of H-pyrrole nitrogens is 1. The Morgan fingerprint density at radius 1 is 1.40 bits per heavy atom. The number of benzene rings is 1. The van der Waals surface area contributed by atoms with Crippen molar-refractivity contribution in [3.8, 4) is 5.75 Å². The summed E-state index contributed by atoms with van der Waals surface area (Å²) in [6, 6.07) is 5.27. The highest BCUT2D eigenvalue weighted by molar-refractivity contribution is 7.71. The van der Waals surface area contributed by atoms with Gasteiger partial charge in [0.1, 0.15) is 22.7 Å². The van der Waals surface area contributed by atoms with Crippen molar-refractivity contribution >= 4 is 27.9 Å². The molecule has 0 aliphatic carbocycles. The van der Waals surface area contributed by atoms with Crippen molar-refractivity contribution in [2.75, 3.05) is 0 Å². The minimum absolute atomic E-state index is 0.0159. The maximum Gasteiger partial charge on any atom is 0.532 e. The minimum Gasteiger partial charge on any atom is -0.403 e. The van der Waals surface area contributed by atoms with Crippen LogP contribution in [0.3, 0.4) is 0 Å². The number of ether oxygens (including phenoxy) is 1. The lowest BCUT2D eigenvalue weighted by Gasteiger charge is -2.35. The fourth-order valence-electron chi connectivity index (χ4n) is 3.63. The maximum atomic E-state index is 13.0. The van der Waals surface area contributed by atoms with Gasteiger partial charge in [0.05, 0.1) is 6.61 Å². The molecular weight excluding hydrogens is 430 g/mol. The molecule has 2 N–H and O–H groups in total. The number of hydrogen-bond acceptors (Lipinski definition) is 8. The standard InChI is InChI=1S/C18H20BN2O7PS/c1-10-7-11(2)16-12(8-10)9-25-29(24,27-16)28-18(19,23)13-3-4-15(26-13)21-6-5-14(30)20-17(21)22/h5-8,13,15,23H,3-4,9H2,1-2H3,(H,20,22,30). The topological polar surface area (TPSA) is 112 Å². The van der Waals surface area contributed by atoms with E-state index in [0.717, 1.165) is 16.7 Å². The number of rotatable bonds is 4. The highest BCUT2D eigenvalue weighted by atomic mass is 32.1. The summed E-state index contributed by atoms with van der Waals surface area (Å²) < 4.78 is 36.3. The molecule has 1 saturated heterocycles. The highest BCUT2D eigenvalue weighted by Gasteiger charge is 2.48. The quantitative estimate of drug-likeness (QED) is 0.317. The first kappa shape index (κ1) is 21.5. The van der Waals surface area contributed by atoms with Crippen LogP contribution < -0.4 is 10.2 Å². The molecule has 3 heterocycles. The zero-order valence-electron chi connectivity index (χ0n) is 16.4. The van der Waals surface area contributed by atoms with E-state index < -0.39 is 31.5 Å². The molecule has 0 amide bonds. The van der Waals surface area contributed by atoms with Crippen molar-refractivity contribution in [3.63, 3.8) is 0 Å². The van der Waals surface area contributed by atoms with Gasteiger partial charge >= 0.3 is 13.5 Å². The normalized spacial score (nSPS) is 27.8. The summed E-state index contributed by atoms with van der Waals surface area (Å²) in [6.45, 7) is 3.72. The van der Waals surface area contributed by atoms with Gasteiger partial charge in [-0.3, -0.25) is 18.6 Å². The Morgan fingerprint density at radius 3 is 2.90 bits per heavy atom. The molecule has 2 aliphatic heterocycles. The monoisotopic (exact) mass is 450 g/mol. The molecule has 12 heteroatoms. The van der Waals surface area contributed by atoms with Crippen LogP contribution in [0.2, 0.25) is 0 Å². The molecule has 0 bridgehead atoms. The predicted molar refractivity (Wildman–Crippen MR) is 110 cm³/mol. The van der Waals surface area contributed by atoms with Gasteiger partial charge in [-0.2, -0.15) is 0 Å². The molecule has 0 saturated carbocycles. The third kappa shape index (κ3) is 4.19. The number of phosphoric ester groups is 1. The Hall–Kier alpha value is -1.75. The summed E-state index contributed by atoms with van der Waals surface area (Å²) in [5, 5.41) is 10.7. The second-order valence-corrected chi connectivity index (χ2v) is 9.36. The van der Waals surface area contributed by atoms with Crippen LogP contribution in [0.4, 0.5) is 0 Å². The van der Waals surface area contributed by atoms with E-state index in [9.17, 15) is 14.5 Å². The van der Waals surface area contributed by atoms with E-state index in [1.165, 1.54) is 10.8 Å². The van der Waals surface area contributed by atoms with Gasteiger partial charge in [-0.15, -0.1) is 0 Å². The first-order valence-corrected chi connectivity index (χ1v) is 11.2. The molecule has 9 nitrogen and oxygen atoms in total. The molecule has 2 radical (unpaired) electrons. The van der Waals surface area contributed by atoms with E-state index in [1.807, 2.05) is 26.0 Å². The molecule has 4 unspecified atom stereocenters. The molecule has 1 fully saturated rings. The number of aliphatic hydroxyl groups is 1. The molecule has 158 valence electrons. The zero-order valence-corrected chi connectivity index (χ0v) is 18.1. The number of phosphoric acid groups is 1. The van der Waals surface area contributed by atoms with Crippen LogP contribution in [-0.4, -0.2) is 34.3 Å². The maximum absolute atomic E-state index is 13.0. The van der Waals surface area contributed by atoms with Gasteiger partial charge in [0, 0.05) is 11.8 Å². The zero-order chi connectivity index (χ0) is 21.7. The Balaban J connectivity index is 1.50. The number of nitrogens with zero attached hydrogens (tertiary/aromatic N) is 1. The van der Waals surface area contributed by atoms with Crippen LogP contribution in [0, 0.1) is 18.5 Å². The Bertz CT molecular complexity index is 1150. The van der Waals surface area contributed by atoms with Crippen LogP contribution in [0.1, 0.15) is 35.8 Å². The van der Waals surface area contributed by atoms with Crippen molar-refractivity contribution < 1.29 is 28.0 Å². The lowest BCUT2D eigenvalue weighted by atomic mass is 9.88. The number of fused-ring (bicyclic) bond motifs is 1. The van der Waals surface area contributed by atoms with E-state index in [-0.39, 0.29) is 13.0 Å². The summed E-state index contributed by atoms with van der Waals surface area (Å²) in [5.74, 6) is 0.377. The molecule has 1 aromatic heterocycles. The summed E-state index contributed by atoms with van der Waals surface area (Å²) in [4.78, 5) is 14.6. The Kier molecular flexibility index (Phi) is 5.55. The van der Waals surface area contributed by atoms with Crippen molar-refractivity contribution in [1.29, 1.82) is 0 Å². The smallest absolute Gasteiger partial charge is 0.403 e. The molecular formula is C18H20BN2O7PS. The third-order valence-electron chi connectivity index (χ3n) is 4.96. The van der Waals surface area contributed by atoms with E-state index in [0.29, 0.717) is 16.8 Å². The first-order valence-electron chi connectivity index (χ1n) is 9.29. The van der Waals surface area contributed by atoms with Gasteiger partial charge in [0.15, 0.2) is 13.5 Å². The molecule has 2 aliphatic rings. The number of aromatic amines is 1. The van der Waals surface area contributed by atoms with Crippen LogP contribution in [-0.2, 0) is 25.0 Å². The van der Waals surface area contributed by atoms with Gasteiger partial charge in [-0.1, -0.05) is 29.9 Å². The van der Waals surface area contributed by atoms with Crippen LogP contribution in [0.25, 0.3) is 0 Å². The van der Waals surface area contributed by atoms with Crippen molar-refractivity contribution in [2.24, 2.45) is 0 Å². The minimum atomic E-state index is -4.21. The summed E-state index contributed by atoms with van der Waals surface area (Å²) in [6.07, 6.45) is 0.325. The SMILES string of the molecule is [B]C(O)(OP1(=O)OCc2cc(C)cc(C)c2O1)C1CCC(n2ccc(=S)[nH]c2=O)O1.